The summed E-state index contributed by atoms with van der Waals surface area (Å²) in [7, 11) is -1.28. The highest BCUT2D eigenvalue weighted by atomic mass is 32.2. The number of hydrogen-bond donors (Lipinski definition) is 1. The van der Waals surface area contributed by atoms with Gasteiger partial charge in [0.25, 0.3) is 5.91 Å². The summed E-state index contributed by atoms with van der Waals surface area (Å²) in [5.41, 5.74) is 2.05. The highest BCUT2D eigenvalue weighted by molar-refractivity contribution is 7.85. The average molecular weight is 388 g/mol. The molecular formula is C21H25NO4S. The third kappa shape index (κ3) is 5.76. The van der Waals surface area contributed by atoms with Crippen molar-refractivity contribution in [3.63, 3.8) is 0 Å². The molecule has 0 spiro atoms. The molecule has 0 aliphatic carbocycles. The van der Waals surface area contributed by atoms with Crippen LogP contribution < -0.4 is 5.32 Å². The van der Waals surface area contributed by atoms with Gasteiger partial charge in [-0.05, 0) is 35.2 Å². The first-order valence-electron chi connectivity index (χ1n) is 8.77. The molecule has 1 amide bonds. The van der Waals surface area contributed by atoms with Crippen molar-refractivity contribution in [1.82, 2.24) is 0 Å². The van der Waals surface area contributed by atoms with Crippen molar-refractivity contribution < 1.29 is 18.5 Å². The number of esters is 1. The Balaban J connectivity index is 1.96. The summed E-state index contributed by atoms with van der Waals surface area (Å²) in [6, 6.07) is 14.1. The van der Waals surface area contributed by atoms with Gasteiger partial charge in [0, 0.05) is 11.4 Å². The van der Waals surface area contributed by atoms with Gasteiger partial charge in [0.1, 0.15) is 0 Å². The van der Waals surface area contributed by atoms with Crippen LogP contribution in [0.3, 0.4) is 0 Å². The third-order valence-corrected chi connectivity index (χ3v) is 5.35. The zero-order valence-electron chi connectivity index (χ0n) is 16.1. The van der Waals surface area contributed by atoms with E-state index in [0.29, 0.717) is 16.3 Å². The van der Waals surface area contributed by atoms with Crippen molar-refractivity contribution in [2.45, 2.75) is 38.0 Å². The summed E-state index contributed by atoms with van der Waals surface area (Å²) in [5.74, 6) is -0.693. The Labute approximate surface area is 162 Å². The smallest absolute Gasteiger partial charge is 0.339 e. The van der Waals surface area contributed by atoms with Crippen molar-refractivity contribution in [1.29, 1.82) is 0 Å². The van der Waals surface area contributed by atoms with Crippen LogP contribution >= 0.6 is 0 Å². The first kappa shape index (κ1) is 20.8. The predicted octanol–water partition coefficient (Wildman–Crippen LogP) is 3.91. The molecular weight excluding hydrogens is 362 g/mol. The van der Waals surface area contributed by atoms with Crippen LogP contribution in [-0.2, 0) is 25.7 Å². The summed E-state index contributed by atoms with van der Waals surface area (Å²) in [4.78, 5) is 24.7. The van der Waals surface area contributed by atoms with Crippen molar-refractivity contribution in [2.75, 3.05) is 17.7 Å². The molecule has 6 heteroatoms. The van der Waals surface area contributed by atoms with Crippen LogP contribution in [0.15, 0.2) is 53.4 Å². The number of anilines is 1. The summed E-state index contributed by atoms with van der Waals surface area (Å²) in [6.45, 7) is 7.71. The first-order chi connectivity index (χ1) is 12.7. The molecule has 27 heavy (non-hydrogen) atoms. The van der Waals surface area contributed by atoms with E-state index in [4.69, 9.17) is 4.74 Å². The summed E-state index contributed by atoms with van der Waals surface area (Å²) in [5, 5.41) is 2.70. The van der Waals surface area contributed by atoms with Crippen LogP contribution in [0.4, 0.5) is 5.69 Å². The minimum atomic E-state index is -1.28. The monoisotopic (exact) mass is 387 g/mol. The van der Waals surface area contributed by atoms with E-state index in [2.05, 4.69) is 26.1 Å². The highest BCUT2D eigenvalue weighted by Crippen LogP contribution is 2.23. The van der Waals surface area contributed by atoms with Crippen LogP contribution in [-0.4, -0.2) is 28.4 Å². The molecule has 0 heterocycles. The van der Waals surface area contributed by atoms with E-state index in [1.807, 2.05) is 24.3 Å². The van der Waals surface area contributed by atoms with Gasteiger partial charge in [-0.15, -0.1) is 0 Å². The fraction of sp³-hybridized carbons (Fsp3) is 0.333. The van der Waals surface area contributed by atoms with Crippen LogP contribution in [0.25, 0.3) is 0 Å². The molecule has 1 atom stereocenters. The molecule has 0 radical (unpaired) electrons. The quantitative estimate of drug-likeness (QED) is 0.763. The van der Waals surface area contributed by atoms with Crippen LogP contribution in [0.2, 0.25) is 0 Å². The van der Waals surface area contributed by atoms with Gasteiger partial charge in [0.05, 0.1) is 21.3 Å². The molecule has 2 aromatic rings. The second kappa shape index (κ2) is 8.95. The van der Waals surface area contributed by atoms with E-state index in [0.717, 1.165) is 5.56 Å². The lowest BCUT2D eigenvalue weighted by Crippen LogP contribution is -2.21. The number of carbonyl (C=O) groups excluding carboxylic acids is 2. The second-order valence-corrected chi connectivity index (χ2v) is 8.79. The van der Waals surface area contributed by atoms with E-state index in [1.165, 1.54) is 0 Å². The Morgan fingerprint density at radius 1 is 1.04 bits per heavy atom. The fourth-order valence-electron chi connectivity index (χ4n) is 2.45. The van der Waals surface area contributed by atoms with Gasteiger partial charge in [-0.25, -0.2) is 4.79 Å². The molecule has 0 aliphatic heterocycles. The lowest BCUT2D eigenvalue weighted by molar-refractivity contribution is -0.119. The van der Waals surface area contributed by atoms with E-state index < -0.39 is 29.3 Å². The van der Waals surface area contributed by atoms with Crippen molar-refractivity contribution >= 4 is 28.4 Å². The molecule has 0 saturated heterocycles. The van der Waals surface area contributed by atoms with Gasteiger partial charge >= 0.3 is 5.97 Å². The van der Waals surface area contributed by atoms with Gasteiger partial charge < -0.3 is 10.1 Å². The Bertz CT molecular complexity index is 838. The number of benzene rings is 2. The maximum absolute atomic E-state index is 12.3. The Morgan fingerprint density at radius 2 is 1.67 bits per heavy atom. The molecule has 2 aromatic carbocycles. The predicted molar refractivity (Wildman–Crippen MR) is 107 cm³/mol. The highest BCUT2D eigenvalue weighted by Gasteiger charge is 2.17. The molecule has 0 fully saturated rings. The molecule has 5 nitrogen and oxygen atoms in total. The largest absolute Gasteiger partial charge is 0.452 e. The lowest BCUT2D eigenvalue weighted by Gasteiger charge is -2.19. The van der Waals surface area contributed by atoms with Gasteiger partial charge in [-0.3, -0.25) is 9.00 Å². The van der Waals surface area contributed by atoms with Gasteiger partial charge in [-0.1, -0.05) is 52.0 Å². The summed E-state index contributed by atoms with van der Waals surface area (Å²) in [6.07, 6.45) is 0. The van der Waals surface area contributed by atoms with Crippen LogP contribution in [0.5, 0.6) is 0 Å². The maximum Gasteiger partial charge on any atom is 0.339 e. The minimum absolute atomic E-state index is 0.0318. The molecule has 144 valence electrons. The number of amides is 1. The third-order valence-electron chi connectivity index (χ3n) is 3.98. The minimum Gasteiger partial charge on any atom is -0.452 e. The number of carbonyl (C=O) groups is 2. The molecule has 0 saturated carbocycles. The van der Waals surface area contributed by atoms with E-state index in [9.17, 15) is 13.8 Å². The molecule has 1 N–H and O–H groups in total. The Kier molecular flexibility index (Phi) is 6.91. The normalized spacial score (nSPS) is 12.3. The van der Waals surface area contributed by atoms with E-state index in [-0.39, 0.29) is 11.0 Å². The van der Waals surface area contributed by atoms with Gasteiger partial charge in [0.2, 0.25) is 0 Å². The zero-order chi connectivity index (χ0) is 20.0. The number of nitrogens with one attached hydrogen (secondary N) is 1. The Morgan fingerprint density at radius 3 is 2.26 bits per heavy atom. The standard InChI is InChI=1S/C21H25NO4S/c1-5-27(25)18-9-7-6-8-17(18)20(24)26-14-19(23)22-16-12-10-15(11-13-16)21(2,3)4/h6-13H,5,14H2,1-4H3,(H,22,23). The van der Waals surface area contributed by atoms with Crippen molar-refractivity contribution in [3.8, 4) is 0 Å². The van der Waals surface area contributed by atoms with Gasteiger partial charge in [-0.2, -0.15) is 0 Å². The topological polar surface area (TPSA) is 72.5 Å². The summed E-state index contributed by atoms with van der Waals surface area (Å²) < 4.78 is 17.1. The molecule has 0 aromatic heterocycles. The van der Waals surface area contributed by atoms with Crippen molar-refractivity contribution in [3.05, 3.63) is 59.7 Å². The van der Waals surface area contributed by atoms with Crippen LogP contribution in [0.1, 0.15) is 43.6 Å². The number of ether oxygens (including phenoxy) is 1. The van der Waals surface area contributed by atoms with E-state index >= 15 is 0 Å². The number of rotatable bonds is 6. The average Bonchev–Trinajstić information content (AvgIpc) is 2.65. The van der Waals surface area contributed by atoms with Crippen molar-refractivity contribution in [2.24, 2.45) is 0 Å². The van der Waals surface area contributed by atoms with E-state index in [1.54, 1.807) is 31.2 Å². The molecule has 0 bridgehead atoms. The second-order valence-electron chi connectivity index (χ2n) is 7.08. The molecule has 2 rings (SSSR count). The number of hydrogen-bond acceptors (Lipinski definition) is 4. The zero-order valence-corrected chi connectivity index (χ0v) is 16.9. The van der Waals surface area contributed by atoms with Gasteiger partial charge in [0.15, 0.2) is 6.61 Å². The molecule has 1 unspecified atom stereocenters. The van der Waals surface area contributed by atoms with Crippen LogP contribution in [0, 0.1) is 0 Å². The molecule has 0 aliphatic rings. The lowest BCUT2D eigenvalue weighted by atomic mass is 9.87. The SMILES string of the molecule is CCS(=O)c1ccccc1C(=O)OCC(=O)Nc1ccc(C(C)(C)C)cc1. The first-order valence-corrected chi connectivity index (χ1v) is 10.1. The summed E-state index contributed by atoms with van der Waals surface area (Å²) >= 11 is 0. The Hall–Kier alpha value is -2.47. The fourth-order valence-corrected chi connectivity index (χ4v) is 3.39. The maximum atomic E-state index is 12.3.